The Kier molecular flexibility index (Phi) is 7.88. The Morgan fingerprint density at radius 3 is 2.39 bits per heavy atom. The van der Waals surface area contributed by atoms with Crippen LogP contribution in [0.1, 0.15) is 33.1 Å². The van der Waals surface area contributed by atoms with Gasteiger partial charge in [-0.3, -0.25) is 4.79 Å². The maximum absolute atomic E-state index is 12.2. The van der Waals surface area contributed by atoms with E-state index in [1.807, 2.05) is 0 Å². The van der Waals surface area contributed by atoms with Crippen molar-refractivity contribution in [3.05, 3.63) is 40.4 Å². The van der Waals surface area contributed by atoms with Crippen molar-refractivity contribution in [2.75, 3.05) is 11.5 Å². The Labute approximate surface area is 142 Å². The summed E-state index contributed by atoms with van der Waals surface area (Å²) in [4.78, 5) is 24.7. The monoisotopic (exact) mass is 389 g/mol. The number of hydrogen-bond donors (Lipinski definition) is 0. The average Bonchev–Trinajstić information content (AvgIpc) is 2.48. The van der Waals surface area contributed by atoms with Crippen molar-refractivity contribution in [2.45, 2.75) is 33.1 Å². The molecular formula is C16H18BrF2NO3. The molecule has 0 aliphatic carbocycles. The largest absolute Gasteiger partial charge is 0.449 e. The Morgan fingerprint density at radius 1 is 1.17 bits per heavy atom. The van der Waals surface area contributed by atoms with Crippen LogP contribution in [-0.4, -0.2) is 18.6 Å². The molecule has 1 aromatic rings. The minimum atomic E-state index is -1.67. The molecule has 0 fully saturated rings. The number of unbranched alkanes of at least 4 members (excludes halogenated alkanes) is 1. The van der Waals surface area contributed by atoms with Crippen LogP contribution in [0.3, 0.4) is 0 Å². The van der Waals surface area contributed by atoms with Crippen molar-refractivity contribution < 1.29 is 23.1 Å². The molecule has 0 aliphatic rings. The lowest BCUT2D eigenvalue weighted by atomic mass is 10.1. The number of hydrogen-bond acceptors (Lipinski definition) is 3. The highest BCUT2D eigenvalue weighted by Crippen LogP contribution is 2.26. The highest BCUT2D eigenvalue weighted by atomic mass is 79.9. The minimum Gasteiger partial charge on any atom is -0.449 e. The lowest BCUT2D eigenvalue weighted by molar-refractivity contribution is -0.116. The number of allylic oxidation sites excluding steroid dienone is 1. The third-order valence-electron chi connectivity index (χ3n) is 3.09. The quantitative estimate of drug-likeness (QED) is 0.621. The van der Waals surface area contributed by atoms with Gasteiger partial charge in [0.05, 0.1) is 12.3 Å². The predicted molar refractivity (Wildman–Crippen MR) is 87.4 cm³/mol. The number of para-hydroxylation sites is 1. The predicted octanol–water partition coefficient (Wildman–Crippen LogP) is 5.28. The second-order valence-corrected chi connectivity index (χ2v) is 5.77. The second-order valence-electron chi connectivity index (χ2n) is 4.92. The van der Waals surface area contributed by atoms with Crippen LogP contribution in [0.25, 0.3) is 0 Å². The van der Waals surface area contributed by atoms with Crippen molar-refractivity contribution >= 4 is 33.6 Å². The fraction of sp³-hybridized carbons (Fsp3) is 0.375. The number of carbonyl (C=O) groups excluding carboxylic acids is 2. The van der Waals surface area contributed by atoms with E-state index in [0.717, 1.165) is 4.90 Å². The van der Waals surface area contributed by atoms with Gasteiger partial charge in [0.1, 0.15) is 0 Å². The standard InChI is InChI=1S/C16H18BrF2NO3/c1-11(15(18)19)7-5-6-10-23-16(22)20(12(2)21)14-9-4-3-8-13(14)17/h3-4,8-9H,5-7,10H2,1-2H3. The number of benzene rings is 1. The molecule has 1 rings (SSSR count). The van der Waals surface area contributed by atoms with E-state index in [-0.39, 0.29) is 18.6 Å². The summed E-state index contributed by atoms with van der Waals surface area (Å²) in [5, 5.41) is 0. The lowest BCUT2D eigenvalue weighted by Gasteiger charge is -2.20. The summed E-state index contributed by atoms with van der Waals surface area (Å²) in [5.41, 5.74) is 0.429. The third kappa shape index (κ3) is 6.09. The van der Waals surface area contributed by atoms with Gasteiger partial charge in [0.25, 0.3) is 6.08 Å². The molecule has 0 unspecified atom stereocenters. The molecule has 0 radical (unpaired) electrons. The molecule has 0 heterocycles. The van der Waals surface area contributed by atoms with Gasteiger partial charge in [-0.05, 0) is 59.8 Å². The molecule has 7 heteroatoms. The van der Waals surface area contributed by atoms with Gasteiger partial charge in [-0.25, -0.2) is 9.69 Å². The number of rotatable bonds is 6. The second kappa shape index (κ2) is 9.39. The van der Waals surface area contributed by atoms with Crippen LogP contribution < -0.4 is 4.90 Å². The summed E-state index contributed by atoms with van der Waals surface area (Å²) in [6, 6.07) is 6.78. The van der Waals surface area contributed by atoms with E-state index in [1.54, 1.807) is 24.3 Å². The maximum Gasteiger partial charge on any atom is 0.421 e. The summed E-state index contributed by atoms with van der Waals surface area (Å²) in [5.74, 6) is -0.472. The summed E-state index contributed by atoms with van der Waals surface area (Å²) >= 11 is 3.28. The third-order valence-corrected chi connectivity index (χ3v) is 3.76. The molecule has 0 N–H and O–H groups in total. The molecule has 0 aromatic heterocycles. The smallest absolute Gasteiger partial charge is 0.421 e. The SMILES string of the molecule is CC(=O)N(C(=O)OCCCCC(C)=C(F)F)c1ccccc1Br. The van der Waals surface area contributed by atoms with Gasteiger partial charge in [0, 0.05) is 11.4 Å². The van der Waals surface area contributed by atoms with Gasteiger partial charge in [-0.2, -0.15) is 8.78 Å². The summed E-state index contributed by atoms with van der Waals surface area (Å²) in [7, 11) is 0. The molecule has 0 saturated heterocycles. The van der Waals surface area contributed by atoms with Crippen LogP contribution in [0.2, 0.25) is 0 Å². The van der Waals surface area contributed by atoms with Crippen LogP contribution in [0.15, 0.2) is 40.4 Å². The molecule has 126 valence electrons. The molecule has 2 amide bonds. The van der Waals surface area contributed by atoms with Gasteiger partial charge < -0.3 is 4.74 Å². The fourth-order valence-electron chi connectivity index (χ4n) is 1.84. The molecule has 0 atom stereocenters. The maximum atomic E-state index is 12.2. The first kappa shape index (κ1) is 19.3. The number of halogens is 3. The first-order valence-electron chi connectivity index (χ1n) is 7.07. The average molecular weight is 390 g/mol. The Balaban J connectivity index is 2.56. The molecule has 0 bridgehead atoms. The van der Waals surface area contributed by atoms with Crippen molar-refractivity contribution in [3.8, 4) is 0 Å². The van der Waals surface area contributed by atoms with E-state index in [1.165, 1.54) is 13.8 Å². The van der Waals surface area contributed by atoms with Crippen LogP contribution in [0.5, 0.6) is 0 Å². The Hall–Kier alpha value is -1.76. The summed E-state index contributed by atoms with van der Waals surface area (Å²) in [6.07, 6.45) is -1.28. The lowest BCUT2D eigenvalue weighted by Crippen LogP contribution is -2.36. The first-order valence-corrected chi connectivity index (χ1v) is 7.86. The van der Waals surface area contributed by atoms with Crippen LogP contribution in [0, 0.1) is 0 Å². The Morgan fingerprint density at radius 2 is 1.83 bits per heavy atom. The zero-order chi connectivity index (χ0) is 17.4. The van der Waals surface area contributed by atoms with E-state index in [2.05, 4.69) is 15.9 Å². The normalized spacial score (nSPS) is 10.1. The van der Waals surface area contributed by atoms with E-state index in [9.17, 15) is 18.4 Å². The van der Waals surface area contributed by atoms with E-state index in [0.29, 0.717) is 23.0 Å². The number of amides is 2. The van der Waals surface area contributed by atoms with E-state index >= 15 is 0 Å². The molecule has 0 aliphatic heterocycles. The Bertz CT molecular complexity index is 601. The van der Waals surface area contributed by atoms with Crippen molar-refractivity contribution in [1.82, 2.24) is 0 Å². The summed E-state index contributed by atoms with van der Waals surface area (Å²) in [6.45, 7) is 2.69. The van der Waals surface area contributed by atoms with Crippen molar-refractivity contribution in [2.24, 2.45) is 0 Å². The highest BCUT2D eigenvalue weighted by molar-refractivity contribution is 9.10. The number of nitrogens with zero attached hydrogens (tertiary/aromatic N) is 1. The van der Waals surface area contributed by atoms with Gasteiger partial charge >= 0.3 is 6.09 Å². The molecule has 0 saturated carbocycles. The van der Waals surface area contributed by atoms with Crippen LogP contribution in [-0.2, 0) is 9.53 Å². The van der Waals surface area contributed by atoms with E-state index in [4.69, 9.17) is 4.74 Å². The minimum absolute atomic E-state index is 0.0369. The van der Waals surface area contributed by atoms with Crippen molar-refractivity contribution in [1.29, 1.82) is 0 Å². The first-order chi connectivity index (χ1) is 10.8. The number of anilines is 1. The highest BCUT2D eigenvalue weighted by Gasteiger charge is 2.23. The van der Waals surface area contributed by atoms with Gasteiger partial charge in [0.2, 0.25) is 5.91 Å². The van der Waals surface area contributed by atoms with Crippen molar-refractivity contribution in [3.63, 3.8) is 0 Å². The number of imide groups is 1. The number of ether oxygens (including phenoxy) is 1. The molecule has 1 aromatic carbocycles. The molecule has 23 heavy (non-hydrogen) atoms. The molecule has 0 spiro atoms. The zero-order valence-electron chi connectivity index (χ0n) is 12.9. The zero-order valence-corrected chi connectivity index (χ0v) is 14.5. The molecule has 4 nitrogen and oxygen atoms in total. The van der Waals surface area contributed by atoms with Gasteiger partial charge in [0.15, 0.2) is 0 Å². The van der Waals surface area contributed by atoms with Crippen LogP contribution in [0.4, 0.5) is 19.3 Å². The number of carbonyl (C=O) groups is 2. The van der Waals surface area contributed by atoms with E-state index < -0.39 is 18.1 Å². The topological polar surface area (TPSA) is 46.6 Å². The summed E-state index contributed by atoms with van der Waals surface area (Å²) < 4.78 is 30.1. The fourth-order valence-corrected chi connectivity index (χ4v) is 2.30. The van der Waals surface area contributed by atoms with Gasteiger partial charge in [-0.15, -0.1) is 0 Å². The van der Waals surface area contributed by atoms with Crippen LogP contribution >= 0.6 is 15.9 Å². The molecular weight excluding hydrogens is 372 g/mol. The van der Waals surface area contributed by atoms with Gasteiger partial charge in [-0.1, -0.05) is 12.1 Å².